The topological polar surface area (TPSA) is 53.1 Å². The molecule has 1 heterocycles. The van der Waals surface area contributed by atoms with Crippen molar-refractivity contribution >= 4 is 15.9 Å². The summed E-state index contributed by atoms with van der Waals surface area (Å²) in [4.78, 5) is 0. The van der Waals surface area contributed by atoms with Gasteiger partial charge in [-0.05, 0) is 29.3 Å². The monoisotopic (exact) mass is 261 g/mol. The summed E-state index contributed by atoms with van der Waals surface area (Å²) in [5, 5.41) is 4.11. The number of aromatic nitrogens is 2. The fraction of sp³-hybridized carbons (Fsp3) is 0.667. The van der Waals surface area contributed by atoms with Gasteiger partial charge in [-0.2, -0.15) is 5.10 Å². The summed E-state index contributed by atoms with van der Waals surface area (Å²) >= 11 is 3.42. The average molecular weight is 262 g/mol. The van der Waals surface area contributed by atoms with Crippen molar-refractivity contribution in [2.24, 2.45) is 12.8 Å². The number of hydrogen-bond donors (Lipinski definition) is 1. The molecule has 1 atom stereocenters. The first-order chi connectivity index (χ1) is 6.66. The molecular weight excluding hydrogens is 246 g/mol. The Labute approximate surface area is 92.5 Å². The molecule has 2 N–H and O–H groups in total. The van der Waals surface area contributed by atoms with Crippen LogP contribution in [-0.4, -0.2) is 23.0 Å². The molecule has 0 aromatic carbocycles. The summed E-state index contributed by atoms with van der Waals surface area (Å²) in [6.07, 6.45) is 2.57. The maximum Gasteiger partial charge on any atom is 0.0691 e. The Morgan fingerprint density at radius 2 is 2.43 bits per heavy atom. The lowest BCUT2D eigenvalue weighted by atomic mass is 10.1. The minimum absolute atomic E-state index is 0.0246. The fourth-order valence-corrected chi connectivity index (χ4v) is 1.97. The molecule has 1 aromatic rings. The van der Waals surface area contributed by atoms with Crippen molar-refractivity contribution in [1.29, 1.82) is 0 Å². The lowest BCUT2D eigenvalue weighted by molar-refractivity contribution is 0.139. The van der Waals surface area contributed by atoms with Gasteiger partial charge in [0.1, 0.15) is 0 Å². The average Bonchev–Trinajstić information content (AvgIpc) is 2.46. The lowest BCUT2D eigenvalue weighted by Gasteiger charge is -2.12. The molecule has 0 saturated carbocycles. The largest absolute Gasteiger partial charge is 0.382 e. The summed E-state index contributed by atoms with van der Waals surface area (Å²) in [5.74, 6) is 0. The first-order valence-corrected chi connectivity index (χ1v) is 5.46. The minimum Gasteiger partial charge on any atom is -0.382 e. The molecule has 0 saturated heterocycles. The number of aryl methyl sites for hydroxylation is 1. The summed E-state index contributed by atoms with van der Waals surface area (Å²) in [5.41, 5.74) is 7.03. The van der Waals surface area contributed by atoms with E-state index in [4.69, 9.17) is 10.5 Å². The predicted molar refractivity (Wildman–Crippen MR) is 58.9 cm³/mol. The lowest BCUT2D eigenvalue weighted by Crippen LogP contribution is -2.17. The molecule has 0 bridgehead atoms. The maximum atomic E-state index is 6.01. The summed E-state index contributed by atoms with van der Waals surface area (Å²) in [7, 11) is 1.89. The zero-order valence-electron chi connectivity index (χ0n) is 8.53. The van der Waals surface area contributed by atoms with Crippen LogP contribution in [0.3, 0.4) is 0 Å². The Kier molecular flexibility index (Phi) is 4.57. The molecule has 0 spiro atoms. The van der Waals surface area contributed by atoms with Gasteiger partial charge >= 0.3 is 0 Å². The Morgan fingerprint density at radius 3 is 2.93 bits per heavy atom. The second-order valence-electron chi connectivity index (χ2n) is 3.09. The van der Waals surface area contributed by atoms with Crippen LogP contribution in [0.1, 0.15) is 25.1 Å². The van der Waals surface area contributed by atoms with E-state index in [1.165, 1.54) is 0 Å². The van der Waals surface area contributed by atoms with Gasteiger partial charge in [-0.25, -0.2) is 0 Å². The van der Waals surface area contributed by atoms with Gasteiger partial charge < -0.3 is 10.5 Å². The van der Waals surface area contributed by atoms with E-state index in [0.717, 1.165) is 23.2 Å². The minimum atomic E-state index is -0.0246. The van der Waals surface area contributed by atoms with E-state index < -0.39 is 0 Å². The molecule has 1 unspecified atom stereocenters. The van der Waals surface area contributed by atoms with Gasteiger partial charge in [-0.15, -0.1) is 0 Å². The molecule has 0 aliphatic carbocycles. The Balaban J connectivity index is 2.55. The first kappa shape index (κ1) is 11.7. The van der Waals surface area contributed by atoms with Crippen LogP contribution < -0.4 is 5.73 Å². The van der Waals surface area contributed by atoms with E-state index in [0.29, 0.717) is 6.61 Å². The van der Waals surface area contributed by atoms with Gasteiger partial charge in [0.05, 0.1) is 22.4 Å². The molecule has 0 fully saturated rings. The van der Waals surface area contributed by atoms with Crippen molar-refractivity contribution in [2.45, 2.75) is 19.4 Å². The van der Waals surface area contributed by atoms with Crippen molar-refractivity contribution < 1.29 is 4.74 Å². The van der Waals surface area contributed by atoms with Crippen LogP contribution in [0.5, 0.6) is 0 Å². The van der Waals surface area contributed by atoms with Crippen molar-refractivity contribution in [2.75, 3.05) is 13.2 Å². The third-order valence-corrected chi connectivity index (χ3v) is 2.68. The van der Waals surface area contributed by atoms with E-state index in [-0.39, 0.29) is 6.04 Å². The summed E-state index contributed by atoms with van der Waals surface area (Å²) < 4.78 is 8.01. The molecule has 14 heavy (non-hydrogen) atoms. The van der Waals surface area contributed by atoms with Crippen LogP contribution in [0.2, 0.25) is 0 Å². The van der Waals surface area contributed by atoms with Gasteiger partial charge in [-0.1, -0.05) is 0 Å². The smallest absolute Gasteiger partial charge is 0.0691 e. The zero-order chi connectivity index (χ0) is 10.6. The highest BCUT2D eigenvalue weighted by Crippen LogP contribution is 2.22. The normalized spacial score (nSPS) is 13.1. The van der Waals surface area contributed by atoms with Crippen LogP contribution in [0, 0.1) is 0 Å². The van der Waals surface area contributed by atoms with E-state index in [2.05, 4.69) is 21.0 Å². The van der Waals surface area contributed by atoms with E-state index in [1.807, 2.05) is 14.0 Å². The highest BCUT2D eigenvalue weighted by atomic mass is 79.9. The third-order valence-electron chi connectivity index (χ3n) is 2.07. The van der Waals surface area contributed by atoms with Crippen LogP contribution in [0.4, 0.5) is 0 Å². The molecular formula is C9H16BrN3O. The fourth-order valence-electron chi connectivity index (χ4n) is 1.33. The molecule has 1 aromatic heterocycles. The maximum absolute atomic E-state index is 6.01. The summed E-state index contributed by atoms with van der Waals surface area (Å²) in [6.45, 7) is 3.40. The molecule has 0 radical (unpaired) electrons. The van der Waals surface area contributed by atoms with Crippen molar-refractivity contribution in [3.63, 3.8) is 0 Å². The summed E-state index contributed by atoms with van der Waals surface area (Å²) in [6, 6.07) is -0.0246. The van der Waals surface area contributed by atoms with Gasteiger partial charge in [0, 0.05) is 20.3 Å². The predicted octanol–water partition coefficient (Wildman–Crippen LogP) is 1.61. The van der Waals surface area contributed by atoms with Gasteiger partial charge in [0.2, 0.25) is 0 Å². The standard InChI is InChI=1S/C9H16BrN3O/c1-3-14-5-4-8(11)9-7(10)6-12-13(9)2/h6,8H,3-5,11H2,1-2H3. The molecule has 0 aliphatic heterocycles. The van der Waals surface area contributed by atoms with E-state index in [9.17, 15) is 0 Å². The Bertz CT molecular complexity index is 268. The Hall–Kier alpha value is -0.390. The highest BCUT2D eigenvalue weighted by molar-refractivity contribution is 9.10. The first-order valence-electron chi connectivity index (χ1n) is 4.67. The number of nitrogens with zero attached hydrogens (tertiary/aromatic N) is 2. The van der Waals surface area contributed by atoms with Crippen molar-refractivity contribution in [1.82, 2.24) is 9.78 Å². The number of ether oxygens (including phenoxy) is 1. The van der Waals surface area contributed by atoms with E-state index >= 15 is 0 Å². The Morgan fingerprint density at radius 1 is 1.71 bits per heavy atom. The molecule has 4 nitrogen and oxygen atoms in total. The van der Waals surface area contributed by atoms with Gasteiger partial charge in [0.25, 0.3) is 0 Å². The number of halogens is 1. The molecule has 0 aliphatic rings. The third kappa shape index (κ3) is 2.80. The number of hydrogen-bond acceptors (Lipinski definition) is 3. The van der Waals surface area contributed by atoms with Gasteiger partial charge in [-0.3, -0.25) is 4.68 Å². The zero-order valence-corrected chi connectivity index (χ0v) is 10.1. The highest BCUT2D eigenvalue weighted by Gasteiger charge is 2.14. The van der Waals surface area contributed by atoms with Gasteiger partial charge in [0.15, 0.2) is 0 Å². The van der Waals surface area contributed by atoms with E-state index in [1.54, 1.807) is 10.9 Å². The van der Waals surface area contributed by atoms with Crippen molar-refractivity contribution in [3.8, 4) is 0 Å². The van der Waals surface area contributed by atoms with Crippen LogP contribution in [-0.2, 0) is 11.8 Å². The second kappa shape index (κ2) is 5.48. The second-order valence-corrected chi connectivity index (χ2v) is 3.95. The quantitative estimate of drug-likeness (QED) is 0.820. The van der Waals surface area contributed by atoms with Crippen LogP contribution >= 0.6 is 15.9 Å². The molecule has 0 amide bonds. The number of nitrogens with two attached hydrogens (primary N) is 1. The van der Waals surface area contributed by atoms with Crippen LogP contribution in [0.15, 0.2) is 10.7 Å². The molecule has 1 rings (SSSR count). The molecule has 80 valence electrons. The SMILES string of the molecule is CCOCCC(N)c1c(Br)cnn1C. The number of rotatable bonds is 5. The molecule has 5 heteroatoms. The van der Waals surface area contributed by atoms with Crippen LogP contribution in [0.25, 0.3) is 0 Å². The van der Waals surface area contributed by atoms with Crippen molar-refractivity contribution in [3.05, 3.63) is 16.4 Å².